The van der Waals surface area contributed by atoms with Gasteiger partial charge in [0.25, 0.3) is 0 Å². The first kappa shape index (κ1) is 15.9. The number of nitrogens with one attached hydrogen (secondary N) is 1. The van der Waals surface area contributed by atoms with E-state index in [2.05, 4.69) is 12.2 Å². The summed E-state index contributed by atoms with van der Waals surface area (Å²) in [4.78, 5) is 21.7. The molecule has 0 aromatic rings. The quantitative estimate of drug-likeness (QED) is 0.619. The van der Waals surface area contributed by atoms with Crippen molar-refractivity contribution in [3.8, 4) is 0 Å². The molecular weight excluding hydrogens is 218 g/mol. The second kappa shape index (κ2) is 10.1. The molecule has 0 aliphatic heterocycles. The standard InChI is InChI=1S/C13H25NO3/c1-3-5-11(7-8-13(16)17)9-10-14-12(15)6-4-2/h11H,3-10H2,1-2H3,(H,14,15)(H,16,17). The Morgan fingerprint density at radius 2 is 1.76 bits per heavy atom. The highest BCUT2D eigenvalue weighted by Gasteiger charge is 2.10. The van der Waals surface area contributed by atoms with Crippen LogP contribution in [0.5, 0.6) is 0 Å². The highest BCUT2D eigenvalue weighted by Crippen LogP contribution is 2.17. The zero-order chi connectivity index (χ0) is 13.1. The minimum Gasteiger partial charge on any atom is -0.481 e. The van der Waals surface area contributed by atoms with Gasteiger partial charge in [-0.2, -0.15) is 0 Å². The van der Waals surface area contributed by atoms with Gasteiger partial charge in [-0.05, 0) is 25.2 Å². The number of hydrogen-bond acceptors (Lipinski definition) is 2. The van der Waals surface area contributed by atoms with Gasteiger partial charge >= 0.3 is 5.97 Å². The molecule has 0 saturated carbocycles. The SMILES string of the molecule is CCCC(=O)NCCC(CCC)CCC(=O)O. The number of carbonyl (C=O) groups excluding carboxylic acids is 1. The third-order valence-electron chi connectivity index (χ3n) is 2.82. The highest BCUT2D eigenvalue weighted by molar-refractivity contribution is 5.75. The van der Waals surface area contributed by atoms with Crippen molar-refractivity contribution in [1.29, 1.82) is 0 Å². The van der Waals surface area contributed by atoms with E-state index in [-0.39, 0.29) is 12.3 Å². The van der Waals surface area contributed by atoms with Crippen LogP contribution in [0.4, 0.5) is 0 Å². The molecule has 0 aliphatic carbocycles. The topological polar surface area (TPSA) is 66.4 Å². The molecule has 4 heteroatoms. The first-order chi connectivity index (χ1) is 8.10. The lowest BCUT2D eigenvalue weighted by Crippen LogP contribution is -2.25. The minimum absolute atomic E-state index is 0.0981. The van der Waals surface area contributed by atoms with Gasteiger partial charge < -0.3 is 10.4 Å². The van der Waals surface area contributed by atoms with Crippen molar-refractivity contribution in [2.75, 3.05) is 6.54 Å². The molecule has 0 fully saturated rings. The number of hydrogen-bond donors (Lipinski definition) is 2. The number of carboxylic acid groups (broad SMARTS) is 1. The minimum atomic E-state index is -0.735. The molecule has 1 unspecified atom stereocenters. The van der Waals surface area contributed by atoms with Crippen molar-refractivity contribution < 1.29 is 14.7 Å². The van der Waals surface area contributed by atoms with Crippen LogP contribution < -0.4 is 5.32 Å². The third kappa shape index (κ3) is 9.85. The lowest BCUT2D eigenvalue weighted by Gasteiger charge is -2.15. The molecule has 17 heavy (non-hydrogen) atoms. The van der Waals surface area contributed by atoms with E-state index in [1.807, 2.05) is 6.92 Å². The van der Waals surface area contributed by atoms with E-state index in [0.29, 0.717) is 25.3 Å². The first-order valence-corrected chi connectivity index (χ1v) is 6.58. The summed E-state index contributed by atoms with van der Waals surface area (Å²) in [6, 6.07) is 0. The number of rotatable bonds is 10. The summed E-state index contributed by atoms with van der Waals surface area (Å²) in [5.41, 5.74) is 0. The van der Waals surface area contributed by atoms with E-state index in [0.717, 1.165) is 25.7 Å². The maximum atomic E-state index is 11.2. The van der Waals surface area contributed by atoms with Crippen molar-refractivity contribution in [2.24, 2.45) is 5.92 Å². The lowest BCUT2D eigenvalue weighted by atomic mass is 9.94. The van der Waals surface area contributed by atoms with Gasteiger partial charge in [0, 0.05) is 19.4 Å². The van der Waals surface area contributed by atoms with E-state index in [1.165, 1.54) is 0 Å². The van der Waals surface area contributed by atoms with Crippen molar-refractivity contribution in [1.82, 2.24) is 5.32 Å². The highest BCUT2D eigenvalue weighted by atomic mass is 16.4. The van der Waals surface area contributed by atoms with Crippen LogP contribution in [0.3, 0.4) is 0 Å². The third-order valence-corrected chi connectivity index (χ3v) is 2.82. The van der Waals surface area contributed by atoms with Gasteiger partial charge in [-0.25, -0.2) is 0 Å². The molecule has 0 aromatic carbocycles. The molecule has 4 nitrogen and oxygen atoms in total. The summed E-state index contributed by atoms with van der Waals surface area (Å²) < 4.78 is 0. The monoisotopic (exact) mass is 243 g/mol. The number of aliphatic carboxylic acids is 1. The van der Waals surface area contributed by atoms with Gasteiger partial charge in [0.2, 0.25) is 5.91 Å². The van der Waals surface area contributed by atoms with E-state index < -0.39 is 5.97 Å². The largest absolute Gasteiger partial charge is 0.481 e. The van der Waals surface area contributed by atoms with E-state index in [9.17, 15) is 9.59 Å². The van der Waals surface area contributed by atoms with Crippen LogP contribution in [0.15, 0.2) is 0 Å². The second-order valence-corrected chi connectivity index (χ2v) is 4.48. The second-order valence-electron chi connectivity index (χ2n) is 4.48. The molecule has 0 rings (SSSR count). The molecule has 1 atom stereocenters. The molecule has 0 aromatic heterocycles. The van der Waals surface area contributed by atoms with Crippen LogP contribution in [0.1, 0.15) is 58.8 Å². The molecule has 0 heterocycles. The average molecular weight is 243 g/mol. The summed E-state index contributed by atoms with van der Waals surface area (Å²) >= 11 is 0. The zero-order valence-electron chi connectivity index (χ0n) is 11.0. The summed E-state index contributed by atoms with van der Waals surface area (Å²) in [7, 11) is 0. The molecule has 0 radical (unpaired) electrons. The summed E-state index contributed by atoms with van der Waals surface area (Å²) in [5.74, 6) is -0.222. The summed E-state index contributed by atoms with van der Waals surface area (Å²) in [6.07, 6.45) is 5.37. The van der Waals surface area contributed by atoms with Gasteiger partial charge in [-0.3, -0.25) is 9.59 Å². The Hall–Kier alpha value is -1.06. The van der Waals surface area contributed by atoms with Crippen LogP contribution in [-0.4, -0.2) is 23.5 Å². The Kier molecular flexibility index (Phi) is 9.49. The van der Waals surface area contributed by atoms with Crippen LogP contribution in [0.25, 0.3) is 0 Å². The Morgan fingerprint density at radius 1 is 1.06 bits per heavy atom. The summed E-state index contributed by atoms with van der Waals surface area (Å²) in [6.45, 7) is 4.75. The fourth-order valence-electron chi connectivity index (χ4n) is 1.90. The van der Waals surface area contributed by atoms with Gasteiger partial charge in [-0.15, -0.1) is 0 Å². The van der Waals surface area contributed by atoms with Gasteiger partial charge in [-0.1, -0.05) is 26.7 Å². The Balaban J connectivity index is 3.75. The smallest absolute Gasteiger partial charge is 0.303 e. The molecule has 100 valence electrons. The Bertz CT molecular complexity index is 229. The Morgan fingerprint density at radius 3 is 2.29 bits per heavy atom. The number of carboxylic acids is 1. The normalized spacial score (nSPS) is 12.1. The van der Waals surface area contributed by atoms with Crippen LogP contribution in [-0.2, 0) is 9.59 Å². The van der Waals surface area contributed by atoms with Gasteiger partial charge in [0.15, 0.2) is 0 Å². The molecule has 0 spiro atoms. The maximum Gasteiger partial charge on any atom is 0.303 e. The van der Waals surface area contributed by atoms with Gasteiger partial charge in [0.05, 0.1) is 0 Å². The average Bonchev–Trinajstić information content (AvgIpc) is 2.26. The van der Waals surface area contributed by atoms with Crippen molar-refractivity contribution in [2.45, 2.75) is 58.8 Å². The summed E-state index contributed by atoms with van der Waals surface area (Å²) in [5, 5.41) is 11.5. The van der Waals surface area contributed by atoms with E-state index in [4.69, 9.17) is 5.11 Å². The molecular formula is C13H25NO3. The van der Waals surface area contributed by atoms with E-state index >= 15 is 0 Å². The molecule has 0 bridgehead atoms. The van der Waals surface area contributed by atoms with Crippen molar-refractivity contribution >= 4 is 11.9 Å². The predicted octanol–water partition coefficient (Wildman–Crippen LogP) is 2.57. The fourth-order valence-corrected chi connectivity index (χ4v) is 1.90. The lowest BCUT2D eigenvalue weighted by molar-refractivity contribution is -0.137. The zero-order valence-corrected chi connectivity index (χ0v) is 11.0. The molecule has 1 amide bonds. The van der Waals surface area contributed by atoms with Gasteiger partial charge in [0.1, 0.15) is 0 Å². The van der Waals surface area contributed by atoms with Crippen molar-refractivity contribution in [3.63, 3.8) is 0 Å². The van der Waals surface area contributed by atoms with Crippen molar-refractivity contribution in [3.05, 3.63) is 0 Å². The molecule has 0 aliphatic rings. The fraction of sp³-hybridized carbons (Fsp3) is 0.846. The van der Waals surface area contributed by atoms with Crippen LogP contribution in [0, 0.1) is 5.92 Å². The van der Waals surface area contributed by atoms with Crippen LogP contribution >= 0.6 is 0 Å². The van der Waals surface area contributed by atoms with E-state index in [1.54, 1.807) is 0 Å². The Labute approximate surface area is 104 Å². The number of amides is 1. The first-order valence-electron chi connectivity index (χ1n) is 6.58. The predicted molar refractivity (Wildman–Crippen MR) is 67.8 cm³/mol. The maximum absolute atomic E-state index is 11.2. The van der Waals surface area contributed by atoms with Crippen LogP contribution in [0.2, 0.25) is 0 Å². The number of carbonyl (C=O) groups is 2. The molecule has 0 saturated heterocycles. The molecule has 2 N–H and O–H groups in total.